The van der Waals surface area contributed by atoms with E-state index in [1.165, 1.54) is 43.2 Å². The SMILES string of the molecule is C1=Cc2ccccc2CC1.CCC.CCCCNC(C)(C)C. The van der Waals surface area contributed by atoms with Crippen molar-refractivity contribution < 1.29 is 0 Å². The van der Waals surface area contributed by atoms with Gasteiger partial charge in [-0.05, 0) is 57.7 Å². The summed E-state index contributed by atoms with van der Waals surface area (Å²) in [7, 11) is 0. The minimum atomic E-state index is 0.301. The van der Waals surface area contributed by atoms with Crippen molar-refractivity contribution in [2.24, 2.45) is 0 Å². The van der Waals surface area contributed by atoms with Crippen molar-refractivity contribution in [1.29, 1.82) is 0 Å². The highest BCUT2D eigenvalue weighted by Gasteiger charge is 2.06. The molecule has 1 N–H and O–H groups in total. The van der Waals surface area contributed by atoms with Gasteiger partial charge in [0.15, 0.2) is 0 Å². The number of fused-ring (bicyclic) bond motifs is 1. The first-order valence-electron chi connectivity index (χ1n) is 8.94. The molecule has 0 aliphatic heterocycles. The zero-order valence-corrected chi connectivity index (χ0v) is 15.7. The summed E-state index contributed by atoms with van der Waals surface area (Å²) in [6.07, 6.45) is 10.7. The largest absolute Gasteiger partial charge is 0.312 e. The van der Waals surface area contributed by atoms with Crippen LogP contribution in [0.3, 0.4) is 0 Å². The van der Waals surface area contributed by atoms with Gasteiger partial charge in [0.1, 0.15) is 0 Å². The van der Waals surface area contributed by atoms with Crippen LogP contribution in [0.4, 0.5) is 0 Å². The predicted octanol–water partition coefficient (Wildman–Crippen LogP) is 6.24. The van der Waals surface area contributed by atoms with Gasteiger partial charge in [-0.25, -0.2) is 0 Å². The Kier molecular flexibility index (Phi) is 11.9. The normalized spacial score (nSPS) is 12.5. The Morgan fingerprint density at radius 2 is 1.68 bits per heavy atom. The highest BCUT2D eigenvalue weighted by Crippen LogP contribution is 2.17. The van der Waals surface area contributed by atoms with E-state index in [2.05, 4.69) is 83.3 Å². The van der Waals surface area contributed by atoms with Crippen molar-refractivity contribution in [3.05, 3.63) is 41.5 Å². The second-order valence-corrected chi connectivity index (χ2v) is 6.88. The van der Waals surface area contributed by atoms with Crippen LogP contribution >= 0.6 is 0 Å². The molecule has 0 saturated carbocycles. The maximum Gasteiger partial charge on any atom is 0.00965 e. The lowest BCUT2D eigenvalue weighted by molar-refractivity contribution is 0.421. The third-order valence-corrected chi connectivity index (χ3v) is 3.12. The van der Waals surface area contributed by atoms with E-state index in [1.54, 1.807) is 0 Å². The topological polar surface area (TPSA) is 12.0 Å². The van der Waals surface area contributed by atoms with Gasteiger partial charge in [-0.2, -0.15) is 0 Å². The lowest BCUT2D eigenvalue weighted by Crippen LogP contribution is -2.36. The van der Waals surface area contributed by atoms with Crippen LogP contribution in [-0.2, 0) is 6.42 Å². The van der Waals surface area contributed by atoms with Crippen LogP contribution in [0.25, 0.3) is 6.08 Å². The number of benzene rings is 1. The monoisotopic (exact) mass is 303 g/mol. The molecule has 0 saturated heterocycles. The summed E-state index contributed by atoms with van der Waals surface area (Å²) < 4.78 is 0. The summed E-state index contributed by atoms with van der Waals surface area (Å²) in [4.78, 5) is 0. The summed E-state index contributed by atoms with van der Waals surface area (Å²) in [5.74, 6) is 0. The first-order chi connectivity index (χ1) is 10.4. The number of allylic oxidation sites excluding steroid dienone is 1. The van der Waals surface area contributed by atoms with Gasteiger partial charge < -0.3 is 5.32 Å². The fourth-order valence-electron chi connectivity index (χ4n) is 2.01. The van der Waals surface area contributed by atoms with Crippen LogP contribution in [0, 0.1) is 0 Å². The number of unbranched alkanes of at least 4 members (excludes halogenated alkanes) is 1. The molecule has 0 bridgehead atoms. The molecule has 22 heavy (non-hydrogen) atoms. The summed E-state index contributed by atoms with van der Waals surface area (Å²) in [5.41, 5.74) is 3.19. The molecule has 0 heterocycles. The summed E-state index contributed by atoms with van der Waals surface area (Å²) in [6.45, 7) is 14.2. The zero-order valence-electron chi connectivity index (χ0n) is 15.7. The Morgan fingerprint density at radius 1 is 1.05 bits per heavy atom. The maximum atomic E-state index is 3.42. The Hall–Kier alpha value is -1.08. The molecule has 1 aromatic carbocycles. The molecule has 1 nitrogen and oxygen atoms in total. The van der Waals surface area contributed by atoms with Crippen LogP contribution in [0.2, 0.25) is 0 Å². The van der Waals surface area contributed by atoms with Gasteiger partial charge in [0.05, 0.1) is 0 Å². The van der Waals surface area contributed by atoms with Crippen molar-refractivity contribution in [2.45, 2.75) is 79.2 Å². The van der Waals surface area contributed by atoms with Crippen LogP contribution in [0.5, 0.6) is 0 Å². The smallest absolute Gasteiger partial charge is 0.00965 e. The quantitative estimate of drug-likeness (QED) is 0.652. The van der Waals surface area contributed by atoms with Gasteiger partial charge in [-0.1, -0.05) is 70.0 Å². The predicted molar refractivity (Wildman–Crippen MR) is 102 cm³/mol. The van der Waals surface area contributed by atoms with E-state index in [0.29, 0.717) is 5.54 Å². The molecule has 1 heteroatoms. The average Bonchev–Trinajstić information content (AvgIpc) is 2.48. The molecule has 0 amide bonds. The van der Waals surface area contributed by atoms with E-state index in [-0.39, 0.29) is 0 Å². The third-order valence-electron chi connectivity index (χ3n) is 3.12. The molecule has 1 aliphatic rings. The first-order valence-corrected chi connectivity index (χ1v) is 8.94. The van der Waals surface area contributed by atoms with E-state index in [4.69, 9.17) is 0 Å². The van der Waals surface area contributed by atoms with Crippen molar-refractivity contribution >= 4 is 6.08 Å². The molecular formula is C21H37N. The van der Waals surface area contributed by atoms with Crippen LogP contribution in [-0.4, -0.2) is 12.1 Å². The number of hydrogen-bond donors (Lipinski definition) is 1. The Morgan fingerprint density at radius 3 is 2.23 bits per heavy atom. The first kappa shape index (κ1) is 20.9. The summed E-state index contributed by atoms with van der Waals surface area (Å²) >= 11 is 0. The molecule has 0 atom stereocenters. The van der Waals surface area contributed by atoms with E-state index >= 15 is 0 Å². The summed E-state index contributed by atoms with van der Waals surface area (Å²) in [6, 6.07) is 8.58. The maximum absolute atomic E-state index is 3.42. The van der Waals surface area contributed by atoms with Crippen LogP contribution in [0.15, 0.2) is 30.3 Å². The van der Waals surface area contributed by atoms with Gasteiger partial charge in [0.2, 0.25) is 0 Å². The van der Waals surface area contributed by atoms with Crippen molar-refractivity contribution in [3.8, 4) is 0 Å². The van der Waals surface area contributed by atoms with Gasteiger partial charge in [-0.3, -0.25) is 0 Å². The lowest BCUT2D eigenvalue weighted by atomic mass is 9.98. The number of aryl methyl sites for hydroxylation is 1. The van der Waals surface area contributed by atoms with Crippen molar-refractivity contribution in [2.75, 3.05) is 6.54 Å². The molecule has 126 valence electrons. The minimum absolute atomic E-state index is 0.301. The highest BCUT2D eigenvalue weighted by molar-refractivity contribution is 5.55. The number of rotatable bonds is 3. The van der Waals surface area contributed by atoms with E-state index < -0.39 is 0 Å². The lowest BCUT2D eigenvalue weighted by Gasteiger charge is -2.19. The minimum Gasteiger partial charge on any atom is -0.312 e. The van der Waals surface area contributed by atoms with Crippen molar-refractivity contribution in [1.82, 2.24) is 5.32 Å². The molecule has 1 aromatic rings. The van der Waals surface area contributed by atoms with Gasteiger partial charge in [0, 0.05) is 5.54 Å². The van der Waals surface area contributed by atoms with Crippen LogP contribution in [0.1, 0.15) is 78.4 Å². The van der Waals surface area contributed by atoms with E-state index in [0.717, 1.165) is 6.54 Å². The highest BCUT2D eigenvalue weighted by atomic mass is 14.9. The second kappa shape index (κ2) is 12.5. The molecule has 0 unspecified atom stereocenters. The molecule has 0 fully saturated rings. The standard InChI is InChI=1S/C10H10.C8H19N.C3H8/c1-2-6-10-8-4-3-7-9(10)5-1;1-5-6-7-9-8(2,3)4;1-3-2/h1-3,5-7H,4,8H2;9H,5-7H2,1-4H3;3H2,1-2H3. The van der Waals surface area contributed by atoms with Gasteiger partial charge >= 0.3 is 0 Å². The molecular weight excluding hydrogens is 266 g/mol. The Bertz CT molecular complexity index is 399. The second-order valence-electron chi connectivity index (χ2n) is 6.88. The van der Waals surface area contributed by atoms with E-state index in [9.17, 15) is 0 Å². The van der Waals surface area contributed by atoms with E-state index in [1.807, 2.05) is 0 Å². The fourth-order valence-corrected chi connectivity index (χ4v) is 2.01. The van der Waals surface area contributed by atoms with Crippen LogP contribution < -0.4 is 5.32 Å². The zero-order chi connectivity index (χ0) is 16.8. The Balaban J connectivity index is 0.000000344. The third kappa shape index (κ3) is 11.6. The van der Waals surface area contributed by atoms with Crippen molar-refractivity contribution in [3.63, 3.8) is 0 Å². The number of nitrogens with one attached hydrogen (secondary N) is 1. The molecule has 1 aliphatic carbocycles. The number of hydrogen-bond acceptors (Lipinski definition) is 1. The molecule has 0 radical (unpaired) electrons. The summed E-state index contributed by atoms with van der Waals surface area (Å²) in [5, 5.41) is 3.42. The molecule has 2 rings (SSSR count). The van der Waals surface area contributed by atoms with Gasteiger partial charge in [-0.15, -0.1) is 0 Å². The molecule has 0 spiro atoms. The Labute approximate surface area is 139 Å². The average molecular weight is 304 g/mol. The van der Waals surface area contributed by atoms with Gasteiger partial charge in [0.25, 0.3) is 0 Å². The fraction of sp³-hybridized carbons (Fsp3) is 0.619. The molecule has 0 aromatic heterocycles.